The second-order valence-electron chi connectivity index (χ2n) is 5.02. The second kappa shape index (κ2) is 4.77. The van der Waals surface area contributed by atoms with E-state index in [-0.39, 0.29) is 0 Å². The number of halogens is 3. The Morgan fingerprint density at radius 1 is 1.33 bits per heavy atom. The third kappa shape index (κ3) is 2.37. The van der Waals surface area contributed by atoms with Gasteiger partial charge in [-0.25, -0.2) is 4.68 Å². The number of anilines is 1. The first kappa shape index (κ1) is 13.9. The van der Waals surface area contributed by atoms with Crippen molar-refractivity contribution in [3.63, 3.8) is 0 Å². The zero-order valence-corrected chi connectivity index (χ0v) is 11.4. The third-order valence-corrected chi connectivity index (χ3v) is 3.62. The van der Waals surface area contributed by atoms with E-state index in [9.17, 15) is 13.2 Å². The highest BCUT2D eigenvalue weighted by atomic mass is 19.4. The minimum Gasteiger partial charge on any atom is -0.382 e. The summed E-state index contributed by atoms with van der Waals surface area (Å²) in [5.41, 5.74) is 7.84. The van der Waals surface area contributed by atoms with E-state index in [1.807, 2.05) is 0 Å². The number of hydrogen-bond acceptors (Lipinski definition) is 3. The topological polar surface area (TPSA) is 53.1 Å². The van der Waals surface area contributed by atoms with E-state index in [2.05, 4.69) is 5.10 Å². The van der Waals surface area contributed by atoms with Crippen LogP contribution in [0.2, 0.25) is 0 Å². The number of aryl methyl sites for hydroxylation is 1. The number of benzene rings is 1. The smallest absolute Gasteiger partial charge is 0.382 e. The van der Waals surface area contributed by atoms with Gasteiger partial charge in [0.05, 0.1) is 30.2 Å². The predicted molar refractivity (Wildman–Crippen MR) is 71.1 cm³/mol. The molecule has 0 atom stereocenters. The molecule has 1 aliphatic heterocycles. The maximum absolute atomic E-state index is 12.9. The zero-order chi connectivity index (χ0) is 15.2. The summed E-state index contributed by atoms with van der Waals surface area (Å²) in [4.78, 5) is 0. The van der Waals surface area contributed by atoms with Gasteiger partial charge in [0.1, 0.15) is 0 Å². The number of fused-ring (bicyclic) bond motifs is 1. The van der Waals surface area contributed by atoms with Crippen LogP contribution in [0.1, 0.15) is 22.4 Å². The van der Waals surface area contributed by atoms with Gasteiger partial charge in [0.15, 0.2) is 5.82 Å². The predicted octanol–water partition coefficient (Wildman–Crippen LogP) is 2.85. The van der Waals surface area contributed by atoms with Gasteiger partial charge in [-0.15, -0.1) is 0 Å². The Hall–Kier alpha value is -2.02. The Bertz CT molecular complexity index is 692. The van der Waals surface area contributed by atoms with Crippen LogP contribution in [0.3, 0.4) is 0 Å². The number of hydrogen-bond donors (Lipinski definition) is 1. The van der Waals surface area contributed by atoms with Gasteiger partial charge in [0, 0.05) is 12.0 Å². The molecule has 21 heavy (non-hydrogen) atoms. The van der Waals surface area contributed by atoms with Crippen molar-refractivity contribution in [3.05, 3.63) is 40.6 Å². The molecule has 1 aromatic heterocycles. The Morgan fingerprint density at radius 3 is 2.81 bits per heavy atom. The molecule has 0 bridgehead atoms. The standard InChI is InChI=1S/C14H14F3N3O/c1-8-2-3-9(14(15,16)17)6-12(8)20-11-4-5-21-7-10(11)13(18)19-20/h2-3,6H,4-5,7H2,1H3,(H2,18,19). The van der Waals surface area contributed by atoms with Gasteiger partial charge in [0.2, 0.25) is 0 Å². The van der Waals surface area contributed by atoms with Crippen LogP contribution in [-0.4, -0.2) is 16.4 Å². The molecule has 0 spiro atoms. The lowest BCUT2D eigenvalue weighted by Crippen LogP contribution is -2.14. The van der Waals surface area contributed by atoms with Crippen molar-refractivity contribution in [3.8, 4) is 5.69 Å². The molecule has 3 rings (SSSR count). The SMILES string of the molecule is Cc1ccc(C(F)(F)F)cc1-n1nc(N)c2c1CCOC2. The summed E-state index contributed by atoms with van der Waals surface area (Å²) in [7, 11) is 0. The molecule has 2 heterocycles. The molecule has 0 aliphatic carbocycles. The van der Waals surface area contributed by atoms with E-state index in [1.165, 1.54) is 10.7 Å². The van der Waals surface area contributed by atoms with E-state index >= 15 is 0 Å². The van der Waals surface area contributed by atoms with E-state index in [0.717, 1.165) is 23.4 Å². The number of nitrogen functional groups attached to an aromatic ring is 1. The molecule has 0 saturated heterocycles. The summed E-state index contributed by atoms with van der Waals surface area (Å²) >= 11 is 0. The largest absolute Gasteiger partial charge is 0.416 e. The molecular weight excluding hydrogens is 283 g/mol. The summed E-state index contributed by atoms with van der Waals surface area (Å²) in [6.45, 7) is 2.61. The maximum Gasteiger partial charge on any atom is 0.416 e. The van der Waals surface area contributed by atoms with Gasteiger partial charge < -0.3 is 10.5 Å². The molecule has 1 aliphatic rings. The van der Waals surface area contributed by atoms with Gasteiger partial charge in [-0.1, -0.05) is 6.07 Å². The average molecular weight is 297 g/mol. The Balaban J connectivity index is 2.17. The van der Waals surface area contributed by atoms with E-state index < -0.39 is 11.7 Å². The first-order valence-electron chi connectivity index (χ1n) is 6.50. The number of nitrogens with zero attached hydrogens (tertiary/aromatic N) is 2. The summed E-state index contributed by atoms with van der Waals surface area (Å²) < 4.78 is 45.5. The third-order valence-electron chi connectivity index (χ3n) is 3.62. The number of alkyl halides is 3. The van der Waals surface area contributed by atoms with Gasteiger partial charge in [-0.05, 0) is 24.6 Å². The van der Waals surface area contributed by atoms with Crippen molar-refractivity contribution in [1.29, 1.82) is 0 Å². The first-order chi connectivity index (χ1) is 9.88. The molecule has 0 radical (unpaired) electrons. The summed E-state index contributed by atoms with van der Waals surface area (Å²) in [5.74, 6) is 0.307. The highest BCUT2D eigenvalue weighted by Crippen LogP contribution is 2.33. The van der Waals surface area contributed by atoms with Crippen molar-refractivity contribution >= 4 is 5.82 Å². The van der Waals surface area contributed by atoms with E-state index in [1.54, 1.807) is 6.92 Å². The molecule has 0 fully saturated rings. The highest BCUT2D eigenvalue weighted by molar-refractivity contribution is 5.51. The monoisotopic (exact) mass is 297 g/mol. The Kier molecular flexibility index (Phi) is 3.16. The molecule has 2 N–H and O–H groups in total. The Labute approximate surface area is 119 Å². The zero-order valence-electron chi connectivity index (χ0n) is 11.4. The molecular formula is C14H14F3N3O. The van der Waals surface area contributed by atoms with Crippen LogP contribution >= 0.6 is 0 Å². The second-order valence-corrected chi connectivity index (χ2v) is 5.02. The molecule has 112 valence electrons. The van der Waals surface area contributed by atoms with Gasteiger partial charge >= 0.3 is 6.18 Å². The van der Waals surface area contributed by atoms with Crippen molar-refractivity contribution < 1.29 is 17.9 Å². The molecule has 1 aromatic carbocycles. The molecule has 4 nitrogen and oxygen atoms in total. The lowest BCUT2D eigenvalue weighted by Gasteiger charge is -2.17. The van der Waals surface area contributed by atoms with Crippen molar-refractivity contribution in [2.75, 3.05) is 12.3 Å². The van der Waals surface area contributed by atoms with Crippen LogP contribution in [0.15, 0.2) is 18.2 Å². The van der Waals surface area contributed by atoms with Gasteiger partial charge in [0.25, 0.3) is 0 Å². The first-order valence-corrected chi connectivity index (χ1v) is 6.50. The minimum atomic E-state index is -4.38. The fourth-order valence-electron chi connectivity index (χ4n) is 2.47. The molecule has 0 saturated carbocycles. The molecule has 0 unspecified atom stereocenters. The highest BCUT2D eigenvalue weighted by Gasteiger charge is 2.31. The number of ether oxygens (including phenoxy) is 1. The average Bonchev–Trinajstić information content (AvgIpc) is 2.76. The normalized spacial score (nSPS) is 15.0. The quantitative estimate of drug-likeness (QED) is 0.880. The summed E-state index contributed by atoms with van der Waals surface area (Å²) in [6, 6.07) is 3.63. The number of rotatable bonds is 1. The van der Waals surface area contributed by atoms with Crippen LogP contribution in [0, 0.1) is 6.92 Å². The number of aromatic nitrogens is 2. The molecule has 2 aromatic rings. The van der Waals surface area contributed by atoms with Crippen molar-refractivity contribution in [2.45, 2.75) is 26.1 Å². The van der Waals surface area contributed by atoms with Crippen LogP contribution in [0.4, 0.5) is 19.0 Å². The fourth-order valence-corrected chi connectivity index (χ4v) is 2.47. The van der Waals surface area contributed by atoms with Crippen LogP contribution in [0.5, 0.6) is 0 Å². The van der Waals surface area contributed by atoms with Crippen LogP contribution in [-0.2, 0) is 23.9 Å². The van der Waals surface area contributed by atoms with Gasteiger partial charge in [-0.2, -0.15) is 18.3 Å². The Morgan fingerprint density at radius 2 is 2.10 bits per heavy atom. The minimum absolute atomic E-state index is 0.307. The van der Waals surface area contributed by atoms with Crippen LogP contribution < -0.4 is 5.73 Å². The number of nitrogens with two attached hydrogens (primary N) is 1. The lowest BCUT2D eigenvalue weighted by atomic mass is 10.1. The van der Waals surface area contributed by atoms with Crippen molar-refractivity contribution in [2.24, 2.45) is 0 Å². The lowest BCUT2D eigenvalue weighted by molar-refractivity contribution is -0.137. The van der Waals surface area contributed by atoms with E-state index in [0.29, 0.717) is 36.7 Å². The van der Waals surface area contributed by atoms with Crippen LogP contribution in [0.25, 0.3) is 5.69 Å². The fraction of sp³-hybridized carbons (Fsp3) is 0.357. The summed E-state index contributed by atoms with van der Waals surface area (Å²) in [5, 5.41) is 4.19. The summed E-state index contributed by atoms with van der Waals surface area (Å²) in [6.07, 6.45) is -3.81. The molecule has 0 amide bonds. The molecule has 7 heteroatoms. The van der Waals surface area contributed by atoms with Gasteiger partial charge in [-0.3, -0.25) is 0 Å². The van der Waals surface area contributed by atoms with Crippen molar-refractivity contribution in [1.82, 2.24) is 9.78 Å². The van der Waals surface area contributed by atoms with E-state index in [4.69, 9.17) is 10.5 Å². The maximum atomic E-state index is 12.9.